The van der Waals surface area contributed by atoms with E-state index >= 15 is 0 Å². The van der Waals surface area contributed by atoms with Crippen LogP contribution in [0.25, 0.3) is 0 Å². The fourth-order valence-corrected chi connectivity index (χ4v) is 0. The molecule has 0 aliphatic carbocycles. The Kier molecular flexibility index (Phi) is 3890. The van der Waals surface area contributed by atoms with Crippen molar-refractivity contribution < 1.29 is 16.4 Å². The van der Waals surface area contributed by atoms with Crippen LogP contribution in [0.2, 0.25) is 0 Å². The maximum absolute atomic E-state index is 0. The molecule has 1 atom stereocenters. The Bertz CT molecular complexity index is 6.85. The van der Waals surface area contributed by atoms with Gasteiger partial charge in [-0.2, -0.15) is 9.90 Å². The van der Waals surface area contributed by atoms with Gasteiger partial charge in [0.15, 0.2) is 0 Å². The summed E-state index contributed by atoms with van der Waals surface area (Å²) < 4.78 is 0. The monoisotopic (exact) mass is 112 g/mol. The Morgan fingerprint density at radius 1 is 0.600 bits per heavy atom. The van der Waals surface area contributed by atoms with Gasteiger partial charge in [-0.1, -0.05) is 0 Å². The van der Waals surface area contributed by atoms with Crippen LogP contribution in [0.4, 0.5) is 0 Å². The topological polar surface area (TPSA) is 90.0 Å². The Morgan fingerprint density at radius 3 is 0.600 bits per heavy atom. The van der Waals surface area contributed by atoms with Gasteiger partial charge in [0.2, 0.25) is 0 Å². The molecule has 0 amide bonds. The molecule has 0 aromatic rings. The van der Waals surface area contributed by atoms with E-state index in [9.17, 15) is 0 Å². The largest absolute Gasteiger partial charge is 3.00 e. The van der Waals surface area contributed by atoms with Crippen LogP contribution >= 0.6 is 9.90 Å². The number of hydrogen-bond donors (Lipinski definition) is 0. The van der Waals surface area contributed by atoms with Gasteiger partial charge < -0.3 is 16.4 Å². The second-order valence-corrected chi connectivity index (χ2v) is 0. The second kappa shape index (κ2) is 101. The Labute approximate surface area is 44.4 Å². The standard InChI is InChI=1S/Al.3H2O.H3P/h;3*1H2;1H3/q+3;;;;/p-3. The van der Waals surface area contributed by atoms with Crippen molar-refractivity contribution in [2.24, 2.45) is 0 Å². The molecule has 3 nitrogen and oxygen atoms in total. The summed E-state index contributed by atoms with van der Waals surface area (Å²) in [5.74, 6) is 0. The molecule has 0 bridgehead atoms. The third-order valence-corrected chi connectivity index (χ3v) is 0. The van der Waals surface area contributed by atoms with Gasteiger partial charge in [0, 0.05) is 0 Å². The van der Waals surface area contributed by atoms with Gasteiger partial charge in [0.25, 0.3) is 0 Å². The van der Waals surface area contributed by atoms with Crippen molar-refractivity contribution in [2.45, 2.75) is 0 Å². The van der Waals surface area contributed by atoms with E-state index in [1.54, 1.807) is 0 Å². The molecule has 32 valence electrons. The second-order valence-electron chi connectivity index (χ2n) is 0. The van der Waals surface area contributed by atoms with E-state index in [0.29, 0.717) is 0 Å². The quantitative estimate of drug-likeness (QED) is 0.301. The zero-order chi connectivity index (χ0) is 0. The smallest absolute Gasteiger partial charge is 0.870 e. The van der Waals surface area contributed by atoms with Crippen LogP contribution in [0.3, 0.4) is 0 Å². The zero-order valence-electron chi connectivity index (χ0n) is 2.63. The molecule has 0 aliphatic heterocycles. The van der Waals surface area contributed by atoms with Crippen molar-refractivity contribution in [1.29, 1.82) is 0 Å². The van der Waals surface area contributed by atoms with Gasteiger partial charge in [0.05, 0.1) is 0 Å². The Hall–Kier alpha value is 0.842. The van der Waals surface area contributed by atoms with Crippen LogP contribution in [0, 0.1) is 0 Å². The molecule has 5 heteroatoms. The average molecular weight is 112 g/mol. The number of rotatable bonds is 0. The SMILES string of the molecule is P.[Al+3].[OH-].[OH-].[OH-]. The molecule has 0 heterocycles. The minimum atomic E-state index is 0. The predicted octanol–water partition coefficient (Wildman–Crippen LogP) is -0.853. The molecule has 5 heavy (non-hydrogen) atoms. The van der Waals surface area contributed by atoms with E-state index in [-0.39, 0.29) is 43.7 Å². The molecule has 1 unspecified atom stereocenters. The minimum absolute atomic E-state index is 0. The Balaban J connectivity index is 0. The van der Waals surface area contributed by atoms with Gasteiger partial charge in [-0.15, -0.1) is 0 Å². The summed E-state index contributed by atoms with van der Waals surface area (Å²) in [7, 11) is 0. The first-order valence-electron chi connectivity index (χ1n) is 0. The normalized spacial score (nSPS) is 0. The van der Waals surface area contributed by atoms with Crippen LogP contribution in [0.5, 0.6) is 0 Å². The fourth-order valence-electron chi connectivity index (χ4n) is 0. The van der Waals surface area contributed by atoms with Crippen molar-refractivity contribution in [2.75, 3.05) is 0 Å². The summed E-state index contributed by atoms with van der Waals surface area (Å²) in [6.45, 7) is 0. The summed E-state index contributed by atoms with van der Waals surface area (Å²) in [5.41, 5.74) is 0. The maximum atomic E-state index is 0. The predicted molar refractivity (Wildman–Crippen MR) is 22.7 cm³/mol. The van der Waals surface area contributed by atoms with Gasteiger partial charge in [0.1, 0.15) is 0 Å². The molecule has 0 spiro atoms. The molecule has 0 aromatic carbocycles. The van der Waals surface area contributed by atoms with Crippen LogP contribution in [-0.2, 0) is 0 Å². The zero-order valence-corrected chi connectivity index (χ0v) is 5.20. The molecule has 0 saturated heterocycles. The van der Waals surface area contributed by atoms with Crippen LogP contribution < -0.4 is 0 Å². The molecular formula is H6AlO3P. The molecule has 0 fully saturated rings. The van der Waals surface area contributed by atoms with E-state index in [2.05, 4.69) is 0 Å². The summed E-state index contributed by atoms with van der Waals surface area (Å²) in [5, 5.41) is 0. The van der Waals surface area contributed by atoms with E-state index in [1.807, 2.05) is 0 Å². The van der Waals surface area contributed by atoms with Crippen LogP contribution in [0.15, 0.2) is 0 Å². The summed E-state index contributed by atoms with van der Waals surface area (Å²) >= 11 is 0. The fraction of sp³-hybridized carbons (Fsp3) is 0. The summed E-state index contributed by atoms with van der Waals surface area (Å²) in [6, 6.07) is 0. The van der Waals surface area contributed by atoms with Gasteiger partial charge in [-0.3, -0.25) is 0 Å². The first-order valence-corrected chi connectivity index (χ1v) is 0. The molecule has 0 aromatic heterocycles. The van der Waals surface area contributed by atoms with E-state index in [1.165, 1.54) is 0 Å². The molecule has 0 aliphatic rings. The van der Waals surface area contributed by atoms with Crippen LogP contribution in [-0.4, -0.2) is 33.8 Å². The van der Waals surface area contributed by atoms with Gasteiger partial charge in [-0.05, 0) is 0 Å². The number of hydrogen-bond acceptors (Lipinski definition) is 3. The third kappa shape index (κ3) is 55.1. The van der Waals surface area contributed by atoms with E-state index < -0.39 is 0 Å². The first-order chi connectivity index (χ1) is 0. The van der Waals surface area contributed by atoms with E-state index in [0.717, 1.165) is 0 Å². The molecule has 0 rings (SSSR count). The molecule has 3 N–H and O–H groups in total. The minimum Gasteiger partial charge on any atom is -0.870 e. The van der Waals surface area contributed by atoms with Gasteiger partial charge in [-0.25, -0.2) is 0 Å². The van der Waals surface area contributed by atoms with Crippen molar-refractivity contribution in [3.8, 4) is 0 Å². The van der Waals surface area contributed by atoms with Crippen LogP contribution in [0.1, 0.15) is 0 Å². The van der Waals surface area contributed by atoms with Crippen molar-refractivity contribution in [3.63, 3.8) is 0 Å². The summed E-state index contributed by atoms with van der Waals surface area (Å²) in [4.78, 5) is 0. The van der Waals surface area contributed by atoms with E-state index in [4.69, 9.17) is 0 Å². The maximum Gasteiger partial charge on any atom is 3.00 e. The molecule has 0 saturated carbocycles. The van der Waals surface area contributed by atoms with Crippen molar-refractivity contribution >= 4 is 27.3 Å². The summed E-state index contributed by atoms with van der Waals surface area (Å²) in [6.07, 6.45) is 0. The van der Waals surface area contributed by atoms with Crippen molar-refractivity contribution in [1.82, 2.24) is 0 Å². The van der Waals surface area contributed by atoms with Crippen molar-refractivity contribution in [3.05, 3.63) is 0 Å². The average Bonchev–Trinajstić information content (AvgIpc) is 0. The Morgan fingerprint density at radius 2 is 0.600 bits per heavy atom. The molecular weight excluding hydrogens is 106 g/mol. The van der Waals surface area contributed by atoms with Gasteiger partial charge >= 0.3 is 17.4 Å². The first kappa shape index (κ1) is 193. The third-order valence-electron chi connectivity index (χ3n) is 0. The molecule has 0 radical (unpaired) electrons.